The number of thioether (sulfide) groups is 1. The Morgan fingerprint density at radius 2 is 2.10 bits per heavy atom. The Morgan fingerprint density at radius 1 is 1.40 bits per heavy atom. The van der Waals surface area contributed by atoms with Gasteiger partial charge in [-0.1, -0.05) is 0 Å². The highest BCUT2D eigenvalue weighted by Crippen LogP contribution is 2.28. The third kappa shape index (κ3) is 3.79. The summed E-state index contributed by atoms with van der Waals surface area (Å²) in [6, 6.07) is -0.300. The largest absolute Gasteiger partial charge is 0.481 e. The highest BCUT2D eigenvalue weighted by atomic mass is 32.2. The number of carbonyl (C=O) groups is 2. The normalized spacial score (nSPS) is 29.7. The fraction of sp³-hybridized carbons (Fsp3) is 0.846. The van der Waals surface area contributed by atoms with Crippen molar-refractivity contribution in [1.29, 1.82) is 0 Å². The number of nitrogens with zero attached hydrogens (tertiary/aromatic N) is 2. The molecule has 6 nitrogen and oxygen atoms in total. The smallest absolute Gasteiger partial charge is 0.320 e. The maximum atomic E-state index is 12.4. The Kier molecular flexibility index (Phi) is 5.15. The van der Waals surface area contributed by atoms with Gasteiger partial charge in [-0.15, -0.1) is 0 Å². The molecule has 0 bridgehead atoms. The number of hydrogen-bond donors (Lipinski definition) is 2. The molecule has 0 aromatic rings. The molecular weight excluding hydrogens is 280 g/mol. The molecule has 1 saturated heterocycles. The van der Waals surface area contributed by atoms with Crippen LogP contribution in [0.2, 0.25) is 0 Å². The zero-order valence-electron chi connectivity index (χ0n) is 11.7. The van der Waals surface area contributed by atoms with Crippen molar-refractivity contribution < 1.29 is 19.8 Å². The Hall–Kier alpha value is -0.950. The summed E-state index contributed by atoms with van der Waals surface area (Å²) in [6.07, 6.45) is 1.31. The van der Waals surface area contributed by atoms with E-state index in [9.17, 15) is 14.7 Å². The first-order valence-electron chi connectivity index (χ1n) is 6.96. The van der Waals surface area contributed by atoms with Gasteiger partial charge in [-0.05, 0) is 18.8 Å². The monoisotopic (exact) mass is 302 g/mol. The lowest BCUT2D eigenvalue weighted by Gasteiger charge is -2.40. The van der Waals surface area contributed by atoms with Crippen LogP contribution >= 0.6 is 11.8 Å². The molecule has 0 radical (unpaired) electrons. The molecule has 2 amide bonds. The van der Waals surface area contributed by atoms with E-state index < -0.39 is 5.97 Å². The van der Waals surface area contributed by atoms with Crippen molar-refractivity contribution in [2.45, 2.75) is 31.4 Å². The van der Waals surface area contributed by atoms with E-state index in [0.29, 0.717) is 24.8 Å². The van der Waals surface area contributed by atoms with Gasteiger partial charge in [-0.25, -0.2) is 4.79 Å². The van der Waals surface area contributed by atoms with E-state index in [1.807, 2.05) is 0 Å². The first-order valence-corrected chi connectivity index (χ1v) is 8.12. The second-order valence-corrected chi connectivity index (χ2v) is 6.82. The molecule has 0 aromatic heterocycles. The Morgan fingerprint density at radius 3 is 2.70 bits per heavy atom. The zero-order valence-corrected chi connectivity index (χ0v) is 12.5. The molecule has 114 valence electrons. The summed E-state index contributed by atoms with van der Waals surface area (Å²) in [6.45, 7) is 1.25. The number of urea groups is 1. The van der Waals surface area contributed by atoms with Crippen LogP contribution in [-0.4, -0.2) is 75.8 Å². The molecule has 2 rings (SSSR count). The molecular formula is C13H22N2O4S. The van der Waals surface area contributed by atoms with E-state index in [-0.39, 0.29) is 24.6 Å². The minimum Gasteiger partial charge on any atom is -0.481 e. The first kappa shape index (κ1) is 15.4. The van der Waals surface area contributed by atoms with Crippen molar-refractivity contribution >= 4 is 23.8 Å². The minimum atomic E-state index is -0.861. The number of hydrogen-bond acceptors (Lipinski definition) is 4. The molecule has 1 atom stereocenters. The highest BCUT2D eigenvalue weighted by Gasteiger charge is 2.33. The van der Waals surface area contributed by atoms with Gasteiger partial charge in [0.15, 0.2) is 0 Å². The van der Waals surface area contributed by atoms with Crippen LogP contribution in [0.1, 0.15) is 19.3 Å². The van der Waals surface area contributed by atoms with E-state index in [2.05, 4.69) is 0 Å². The number of aliphatic hydroxyl groups excluding tert-OH is 1. The summed E-state index contributed by atoms with van der Waals surface area (Å²) in [5.74, 6) is 1.06. The van der Waals surface area contributed by atoms with E-state index in [4.69, 9.17) is 5.11 Å². The molecule has 20 heavy (non-hydrogen) atoms. The standard InChI is InChI=1S/C13H22N2O4S/c1-14(7-9-4-11(16)5-9)13(19)15-2-3-20-8-10(15)6-12(17)18/h9-11,16H,2-8H2,1H3,(H,17,18). The van der Waals surface area contributed by atoms with Crippen molar-refractivity contribution in [2.75, 3.05) is 31.6 Å². The van der Waals surface area contributed by atoms with Gasteiger partial charge < -0.3 is 20.0 Å². The summed E-state index contributed by atoms with van der Waals surface area (Å²) >= 11 is 1.70. The van der Waals surface area contributed by atoms with Gasteiger partial charge >= 0.3 is 12.0 Å². The summed E-state index contributed by atoms with van der Waals surface area (Å²) in [7, 11) is 1.76. The van der Waals surface area contributed by atoms with Crippen LogP contribution in [0, 0.1) is 5.92 Å². The lowest BCUT2D eigenvalue weighted by atomic mass is 9.82. The van der Waals surface area contributed by atoms with Gasteiger partial charge in [-0.2, -0.15) is 11.8 Å². The first-order chi connectivity index (χ1) is 9.47. The number of aliphatic hydroxyl groups is 1. The molecule has 2 fully saturated rings. The summed E-state index contributed by atoms with van der Waals surface area (Å²) < 4.78 is 0. The van der Waals surface area contributed by atoms with Crippen molar-refractivity contribution in [3.8, 4) is 0 Å². The molecule has 0 spiro atoms. The number of amides is 2. The molecule has 1 heterocycles. The molecule has 1 aliphatic carbocycles. The van der Waals surface area contributed by atoms with E-state index >= 15 is 0 Å². The Bertz CT molecular complexity index is 373. The Labute approximate surface area is 123 Å². The van der Waals surface area contributed by atoms with Crippen LogP contribution in [0.5, 0.6) is 0 Å². The van der Waals surface area contributed by atoms with E-state index in [1.54, 1.807) is 28.6 Å². The van der Waals surface area contributed by atoms with Crippen LogP contribution in [0.15, 0.2) is 0 Å². The van der Waals surface area contributed by atoms with Crippen molar-refractivity contribution in [2.24, 2.45) is 5.92 Å². The molecule has 0 aromatic carbocycles. The fourth-order valence-electron chi connectivity index (χ4n) is 2.81. The second kappa shape index (κ2) is 6.67. The number of aliphatic carboxylic acids is 1. The predicted molar refractivity (Wildman–Crippen MR) is 76.8 cm³/mol. The maximum Gasteiger partial charge on any atom is 0.320 e. The summed E-state index contributed by atoms with van der Waals surface area (Å²) in [5.41, 5.74) is 0. The van der Waals surface area contributed by atoms with Crippen LogP contribution in [0.3, 0.4) is 0 Å². The van der Waals surface area contributed by atoms with Crippen molar-refractivity contribution in [3.63, 3.8) is 0 Å². The molecule has 1 unspecified atom stereocenters. The lowest BCUT2D eigenvalue weighted by molar-refractivity contribution is -0.138. The predicted octanol–water partition coefficient (Wildman–Crippen LogP) is 0.701. The van der Waals surface area contributed by atoms with Gasteiger partial charge in [-0.3, -0.25) is 4.79 Å². The Balaban J connectivity index is 1.89. The summed E-state index contributed by atoms with van der Waals surface area (Å²) in [5, 5.41) is 18.2. The average molecular weight is 302 g/mol. The quantitative estimate of drug-likeness (QED) is 0.799. The van der Waals surface area contributed by atoms with Crippen LogP contribution in [-0.2, 0) is 4.79 Å². The van der Waals surface area contributed by atoms with Crippen LogP contribution < -0.4 is 0 Å². The molecule has 1 aliphatic heterocycles. The van der Waals surface area contributed by atoms with Gasteiger partial charge in [0.1, 0.15) is 0 Å². The van der Waals surface area contributed by atoms with Crippen LogP contribution in [0.4, 0.5) is 4.79 Å². The number of carbonyl (C=O) groups excluding carboxylic acids is 1. The van der Waals surface area contributed by atoms with Gasteiger partial charge in [0, 0.05) is 31.6 Å². The SMILES string of the molecule is CN(CC1CC(O)C1)C(=O)N1CCSCC1CC(=O)O. The van der Waals surface area contributed by atoms with Crippen molar-refractivity contribution in [3.05, 3.63) is 0 Å². The summed E-state index contributed by atoms with van der Waals surface area (Å²) in [4.78, 5) is 26.7. The third-order valence-corrected chi connectivity index (χ3v) is 5.04. The number of carboxylic acids is 1. The van der Waals surface area contributed by atoms with Gasteiger partial charge in [0.2, 0.25) is 0 Å². The second-order valence-electron chi connectivity index (χ2n) is 5.67. The van der Waals surface area contributed by atoms with E-state index in [1.165, 1.54) is 0 Å². The zero-order chi connectivity index (χ0) is 14.7. The highest BCUT2D eigenvalue weighted by molar-refractivity contribution is 7.99. The minimum absolute atomic E-state index is 0.00865. The third-order valence-electron chi connectivity index (χ3n) is 3.95. The van der Waals surface area contributed by atoms with Gasteiger partial charge in [0.25, 0.3) is 0 Å². The maximum absolute atomic E-state index is 12.4. The van der Waals surface area contributed by atoms with E-state index in [0.717, 1.165) is 18.6 Å². The molecule has 2 N–H and O–H groups in total. The molecule has 2 aliphatic rings. The fourth-order valence-corrected chi connectivity index (χ4v) is 3.87. The number of rotatable bonds is 4. The average Bonchev–Trinajstić information content (AvgIpc) is 2.36. The number of carboxylic acid groups (broad SMARTS) is 1. The molecule has 1 saturated carbocycles. The van der Waals surface area contributed by atoms with Gasteiger partial charge in [0.05, 0.1) is 18.6 Å². The van der Waals surface area contributed by atoms with Crippen LogP contribution in [0.25, 0.3) is 0 Å². The van der Waals surface area contributed by atoms with Crippen molar-refractivity contribution in [1.82, 2.24) is 9.80 Å². The molecule has 7 heteroatoms. The topological polar surface area (TPSA) is 81.1 Å². The lowest BCUT2D eigenvalue weighted by Crippen LogP contribution is -2.53.